The number of aromatic nitrogens is 3. The predicted octanol–water partition coefficient (Wildman–Crippen LogP) is 4.48. The molecule has 1 fully saturated rings. The molecule has 42 heavy (non-hydrogen) atoms. The van der Waals surface area contributed by atoms with Crippen LogP contribution in [0.4, 0.5) is 17.4 Å². The number of amides is 2. The molecule has 6 rings (SSSR count). The number of benzene rings is 2. The van der Waals surface area contributed by atoms with Crippen LogP contribution in [-0.2, 0) is 16.0 Å². The second kappa shape index (κ2) is 11.5. The Morgan fingerprint density at radius 2 is 1.74 bits per heavy atom. The molecule has 1 aliphatic rings. The first-order valence-electron chi connectivity index (χ1n) is 13.3. The van der Waals surface area contributed by atoms with E-state index in [1.54, 1.807) is 71.9 Å². The lowest BCUT2D eigenvalue weighted by Gasteiger charge is -2.17. The van der Waals surface area contributed by atoms with Crippen LogP contribution in [-0.4, -0.2) is 55.8 Å². The largest absolute Gasteiger partial charge is 0.481 e. The molecule has 1 aliphatic heterocycles. The molecule has 0 spiro atoms. The van der Waals surface area contributed by atoms with E-state index in [2.05, 4.69) is 25.6 Å². The predicted molar refractivity (Wildman–Crippen MR) is 154 cm³/mol. The number of aliphatic carboxylic acids is 1. The molecule has 2 unspecified atom stereocenters. The number of oxazole rings is 1. The van der Waals surface area contributed by atoms with Crippen molar-refractivity contribution >= 4 is 46.3 Å². The smallest absolute Gasteiger partial charge is 0.308 e. The van der Waals surface area contributed by atoms with Crippen molar-refractivity contribution in [3.8, 4) is 0 Å². The maximum Gasteiger partial charge on any atom is 0.308 e. The number of hydrogen-bond donors (Lipinski definition) is 3. The van der Waals surface area contributed by atoms with E-state index in [1.165, 1.54) is 12.4 Å². The van der Waals surface area contributed by atoms with Gasteiger partial charge in [-0.05, 0) is 59.7 Å². The number of rotatable bonds is 8. The maximum atomic E-state index is 12.9. The Balaban J connectivity index is 1.09. The number of nitrogens with one attached hydrogen (secondary N) is 2. The van der Waals surface area contributed by atoms with Crippen LogP contribution < -0.4 is 10.6 Å². The second-order valence-corrected chi connectivity index (χ2v) is 10.0. The number of carboxylic acids is 1. The van der Waals surface area contributed by atoms with E-state index in [9.17, 15) is 19.5 Å². The Kier molecular flexibility index (Phi) is 7.29. The molecule has 3 N–H and O–H groups in total. The number of carboxylic acid groups (broad SMARTS) is 1. The minimum Gasteiger partial charge on any atom is -0.481 e. The fourth-order valence-corrected chi connectivity index (χ4v) is 5.13. The molecule has 2 amide bonds. The van der Waals surface area contributed by atoms with Crippen LogP contribution in [0.15, 0.2) is 95.9 Å². The zero-order valence-electron chi connectivity index (χ0n) is 22.3. The van der Waals surface area contributed by atoms with Crippen LogP contribution in [0, 0.1) is 5.92 Å². The van der Waals surface area contributed by atoms with Crippen LogP contribution >= 0.6 is 0 Å². The fraction of sp³-hybridized carbons (Fsp3) is 0.161. The van der Waals surface area contributed by atoms with Crippen LogP contribution in [0.1, 0.15) is 27.4 Å². The standard InChI is InChI=1S/C31H26N6O5/c38-28(15-19-3-8-26-27(14-19)42-31(36-26)35-23-2-1-11-33-16-23)34-22-6-4-20(5-7-22)24-17-37(18-25(24)30(40)41)29(39)21-9-12-32-13-10-21/h1-14,16,24-25H,15,17-18H2,(H,34,38)(H,35,36)(H,40,41). The third kappa shape index (κ3) is 5.80. The van der Waals surface area contributed by atoms with E-state index >= 15 is 0 Å². The molecule has 0 aliphatic carbocycles. The van der Waals surface area contributed by atoms with Gasteiger partial charge in [-0.1, -0.05) is 18.2 Å². The lowest BCUT2D eigenvalue weighted by atomic mass is 9.89. The zero-order valence-corrected chi connectivity index (χ0v) is 22.3. The number of hydrogen-bond acceptors (Lipinski definition) is 8. The molecule has 2 atom stereocenters. The van der Waals surface area contributed by atoms with Gasteiger partial charge in [-0.2, -0.15) is 4.98 Å². The third-order valence-corrected chi connectivity index (χ3v) is 7.20. The van der Waals surface area contributed by atoms with Gasteiger partial charge in [0.1, 0.15) is 5.52 Å². The van der Waals surface area contributed by atoms with Crippen molar-refractivity contribution in [2.45, 2.75) is 12.3 Å². The van der Waals surface area contributed by atoms with E-state index < -0.39 is 11.9 Å². The minimum atomic E-state index is -0.953. The highest BCUT2D eigenvalue weighted by Crippen LogP contribution is 2.34. The molecule has 11 nitrogen and oxygen atoms in total. The fourth-order valence-electron chi connectivity index (χ4n) is 5.13. The van der Waals surface area contributed by atoms with Crippen molar-refractivity contribution in [3.63, 3.8) is 0 Å². The summed E-state index contributed by atoms with van der Waals surface area (Å²) in [5.41, 5.74) is 4.56. The molecule has 0 radical (unpaired) electrons. The summed E-state index contributed by atoms with van der Waals surface area (Å²) in [7, 11) is 0. The zero-order chi connectivity index (χ0) is 29.1. The summed E-state index contributed by atoms with van der Waals surface area (Å²) < 4.78 is 5.80. The minimum absolute atomic E-state index is 0.121. The van der Waals surface area contributed by atoms with Crippen molar-refractivity contribution in [1.82, 2.24) is 19.9 Å². The lowest BCUT2D eigenvalue weighted by Crippen LogP contribution is -2.29. The first-order valence-corrected chi connectivity index (χ1v) is 13.3. The van der Waals surface area contributed by atoms with Gasteiger partial charge < -0.3 is 25.1 Å². The lowest BCUT2D eigenvalue weighted by molar-refractivity contribution is -0.141. The van der Waals surface area contributed by atoms with Crippen LogP contribution in [0.3, 0.4) is 0 Å². The topological polar surface area (TPSA) is 151 Å². The van der Waals surface area contributed by atoms with Gasteiger partial charge in [0.15, 0.2) is 5.58 Å². The van der Waals surface area contributed by atoms with Gasteiger partial charge in [0.2, 0.25) is 5.91 Å². The van der Waals surface area contributed by atoms with Crippen molar-refractivity contribution < 1.29 is 23.9 Å². The number of fused-ring (bicyclic) bond motifs is 1. The van der Waals surface area contributed by atoms with Crippen molar-refractivity contribution in [2.75, 3.05) is 23.7 Å². The number of likely N-dealkylation sites (tertiary alicyclic amines) is 1. The van der Waals surface area contributed by atoms with Crippen molar-refractivity contribution in [3.05, 3.63) is 108 Å². The van der Waals surface area contributed by atoms with Crippen LogP contribution in [0.2, 0.25) is 0 Å². The molecule has 5 aromatic rings. The first-order chi connectivity index (χ1) is 20.4. The van der Waals surface area contributed by atoms with E-state index in [0.717, 1.165) is 16.8 Å². The van der Waals surface area contributed by atoms with Gasteiger partial charge in [0.05, 0.1) is 24.2 Å². The van der Waals surface area contributed by atoms with Gasteiger partial charge in [-0.25, -0.2) is 0 Å². The highest BCUT2D eigenvalue weighted by Gasteiger charge is 2.40. The Bertz CT molecular complexity index is 1740. The quantitative estimate of drug-likeness (QED) is 0.249. The van der Waals surface area contributed by atoms with E-state index in [1.807, 2.05) is 12.1 Å². The number of carbonyl (C=O) groups is 3. The van der Waals surface area contributed by atoms with E-state index in [-0.39, 0.29) is 37.2 Å². The molecule has 11 heteroatoms. The first kappa shape index (κ1) is 26.6. The molecule has 3 aromatic heterocycles. The molecule has 210 valence electrons. The molecular weight excluding hydrogens is 536 g/mol. The van der Waals surface area contributed by atoms with Gasteiger partial charge in [0.25, 0.3) is 11.9 Å². The van der Waals surface area contributed by atoms with E-state index in [4.69, 9.17) is 4.42 Å². The highest BCUT2D eigenvalue weighted by atomic mass is 16.4. The highest BCUT2D eigenvalue weighted by molar-refractivity contribution is 5.95. The summed E-state index contributed by atoms with van der Waals surface area (Å²) in [6.07, 6.45) is 6.53. The van der Waals surface area contributed by atoms with Gasteiger partial charge >= 0.3 is 5.97 Å². The summed E-state index contributed by atoms with van der Waals surface area (Å²) in [4.78, 5) is 51.7. The second-order valence-electron chi connectivity index (χ2n) is 10.0. The van der Waals surface area contributed by atoms with Crippen molar-refractivity contribution in [2.24, 2.45) is 5.92 Å². The SMILES string of the molecule is O=C(Cc1ccc2nc(Nc3cccnc3)oc2c1)Nc1ccc(C2CN(C(=O)c3ccncc3)CC2C(=O)O)cc1. The molecule has 4 heterocycles. The average Bonchev–Trinajstić information content (AvgIpc) is 3.62. The molecule has 2 aromatic carbocycles. The van der Waals surface area contributed by atoms with Crippen LogP contribution in [0.25, 0.3) is 11.1 Å². The molecule has 0 bridgehead atoms. The number of carbonyl (C=O) groups excluding carboxylic acids is 2. The number of anilines is 3. The monoisotopic (exact) mass is 562 g/mol. The molecule has 0 saturated carbocycles. The summed E-state index contributed by atoms with van der Waals surface area (Å²) >= 11 is 0. The number of nitrogens with zero attached hydrogens (tertiary/aromatic N) is 4. The Labute approximate surface area is 240 Å². The molecule has 1 saturated heterocycles. The maximum absolute atomic E-state index is 12.9. The number of pyridine rings is 2. The van der Waals surface area contributed by atoms with Crippen molar-refractivity contribution in [1.29, 1.82) is 0 Å². The summed E-state index contributed by atoms with van der Waals surface area (Å²) in [6.45, 7) is 0.406. The van der Waals surface area contributed by atoms with E-state index in [0.29, 0.717) is 28.4 Å². The third-order valence-electron chi connectivity index (χ3n) is 7.20. The normalized spacial score (nSPS) is 16.3. The van der Waals surface area contributed by atoms with Crippen LogP contribution in [0.5, 0.6) is 0 Å². The summed E-state index contributed by atoms with van der Waals surface area (Å²) in [5.74, 6) is -2.49. The van der Waals surface area contributed by atoms with Gasteiger partial charge in [-0.3, -0.25) is 24.4 Å². The Morgan fingerprint density at radius 1 is 0.929 bits per heavy atom. The van der Waals surface area contributed by atoms with Gasteiger partial charge in [0, 0.05) is 48.8 Å². The molecular formula is C31H26N6O5. The summed E-state index contributed by atoms with van der Waals surface area (Å²) in [6, 6.07) is 19.7. The summed E-state index contributed by atoms with van der Waals surface area (Å²) in [5, 5.41) is 15.8. The average molecular weight is 563 g/mol. The Morgan fingerprint density at radius 3 is 2.48 bits per heavy atom. The van der Waals surface area contributed by atoms with Gasteiger partial charge in [-0.15, -0.1) is 0 Å². The Hall–Kier alpha value is -5.58.